The van der Waals surface area contributed by atoms with Crippen LogP contribution in [0.5, 0.6) is 0 Å². The average molecular weight is 214 g/mol. The lowest BCUT2D eigenvalue weighted by atomic mass is 9.90. The summed E-state index contributed by atoms with van der Waals surface area (Å²) in [6, 6.07) is 0. The Morgan fingerprint density at radius 2 is 2.14 bits per heavy atom. The molecule has 0 spiro atoms. The first-order valence-corrected chi connectivity index (χ1v) is 4.93. The lowest BCUT2D eigenvalue weighted by molar-refractivity contribution is 0.209. The van der Waals surface area contributed by atoms with Crippen molar-refractivity contribution < 1.29 is 4.84 Å². The van der Waals surface area contributed by atoms with E-state index >= 15 is 0 Å². The molecule has 0 saturated carbocycles. The lowest BCUT2D eigenvalue weighted by Crippen LogP contribution is -2.23. The van der Waals surface area contributed by atoms with E-state index in [-0.39, 0.29) is 5.41 Å². The molecule has 78 valence electrons. The summed E-state index contributed by atoms with van der Waals surface area (Å²) < 4.78 is 4.10. The van der Waals surface area contributed by atoms with Crippen LogP contribution in [0, 0.1) is 5.41 Å². The van der Waals surface area contributed by atoms with Crippen LogP contribution in [0.2, 0.25) is 0 Å². The standard InChI is InChI=1S/C8H14N4OS/c1-8(2,3)5(11-13-4)6-10-7(9)14-12-6/h1-4H3,(H2,9,10,12). The Morgan fingerprint density at radius 1 is 1.50 bits per heavy atom. The summed E-state index contributed by atoms with van der Waals surface area (Å²) in [7, 11) is 1.50. The fourth-order valence-electron chi connectivity index (χ4n) is 0.936. The Bertz CT molecular complexity index is 339. The van der Waals surface area contributed by atoms with Gasteiger partial charge in [-0.1, -0.05) is 25.9 Å². The summed E-state index contributed by atoms with van der Waals surface area (Å²) in [6.45, 7) is 6.05. The van der Waals surface area contributed by atoms with E-state index in [2.05, 4.69) is 14.5 Å². The fourth-order valence-corrected chi connectivity index (χ4v) is 1.37. The maximum atomic E-state index is 5.50. The molecular formula is C8H14N4OS. The van der Waals surface area contributed by atoms with Crippen molar-refractivity contribution in [3.05, 3.63) is 5.82 Å². The fraction of sp³-hybridized carbons (Fsp3) is 0.625. The predicted molar refractivity (Wildman–Crippen MR) is 57.3 cm³/mol. The summed E-state index contributed by atoms with van der Waals surface area (Å²) in [5.74, 6) is 0.543. The number of hydrogen-bond donors (Lipinski definition) is 1. The molecule has 2 N–H and O–H groups in total. The van der Waals surface area contributed by atoms with Crippen molar-refractivity contribution in [1.29, 1.82) is 0 Å². The minimum Gasteiger partial charge on any atom is -0.399 e. The minimum atomic E-state index is -0.163. The molecule has 0 unspecified atom stereocenters. The van der Waals surface area contributed by atoms with Crippen molar-refractivity contribution in [2.24, 2.45) is 10.6 Å². The van der Waals surface area contributed by atoms with Gasteiger partial charge in [0, 0.05) is 16.9 Å². The normalized spacial score (nSPS) is 13.0. The highest BCUT2D eigenvalue weighted by Gasteiger charge is 2.25. The third-order valence-corrected chi connectivity index (χ3v) is 2.09. The van der Waals surface area contributed by atoms with Crippen LogP contribution in [0.15, 0.2) is 5.16 Å². The monoisotopic (exact) mass is 214 g/mol. The summed E-state index contributed by atoms with van der Waals surface area (Å²) in [4.78, 5) is 8.84. The van der Waals surface area contributed by atoms with E-state index < -0.39 is 0 Å². The van der Waals surface area contributed by atoms with Gasteiger partial charge in [-0.25, -0.2) is 0 Å². The summed E-state index contributed by atoms with van der Waals surface area (Å²) in [6.07, 6.45) is 0. The number of rotatable bonds is 2. The average Bonchev–Trinajstić information content (AvgIpc) is 2.45. The molecule has 6 heteroatoms. The third-order valence-electron chi connectivity index (χ3n) is 1.55. The summed E-state index contributed by atoms with van der Waals surface area (Å²) in [5, 5.41) is 4.36. The predicted octanol–water partition coefficient (Wildman–Crippen LogP) is 1.52. The van der Waals surface area contributed by atoms with Gasteiger partial charge in [-0.2, -0.15) is 9.36 Å². The van der Waals surface area contributed by atoms with Crippen LogP contribution in [-0.4, -0.2) is 22.2 Å². The Hall–Kier alpha value is -1.17. The number of nitrogens with zero attached hydrogens (tertiary/aromatic N) is 3. The van der Waals surface area contributed by atoms with E-state index in [9.17, 15) is 0 Å². The van der Waals surface area contributed by atoms with Gasteiger partial charge in [0.1, 0.15) is 12.8 Å². The third kappa shape index (κ3) is 2.41. The van der Waals surface area contributed by atoms with E-state index in [4.69, 9.17) is 10.6 Å². The van der Waals surface area contributed by atoms with Crippen molar-refractivity contribution in [2.75, 3.05) is 12.8 Å². The molecule has 5 nitrogen and oxygen atoms in total. The van der Waals surface area contributed by atoms with Crippen LogP contribution >= 0.6 is 11.5 Å². The largest absolute Gasteiger partial charge is 0.399 e. The van der Waals surface area contributed by atoms with Crippen LogP contribution < -0.4 is 5.73 Å². The quantitative estimate of drug-likeness (QED) is 0.598. The summed E-state index contributed by atoms with van der Waals surface area (Å²) >= 11 is 1.15. The molecule has 0 fully saturated rings. The Morgan fingerprint density at radius 3 is 2.50 bits per heavy atom. The van der Waals surface area contributed by atoms with E-state index in [1.807, 2.05) is 20.8 Å². The van der Waals surface area contributed by atoms with Crippen LogP contribution in [-0.2, 0) is 4.84 Å². The maximum absolute atomic E-state index is 5.50. The molecule has 0 atom stereocenters. The Kier molecular flexibility index (Phi) is 3.05. The first kappa shape index (κ1) is 10.9. The smallest absolute Gasteiger partial charge is 0.200 e. The highest BCUT2D eigenvalue weighted by molar-refractivity contribution is 7.09. The maximum Gasteiger partial charge on any atom is 0.200 e. The molecule has 1 aromatic rings. The van der Waals surface area contributed by atoms with Gasteiger partial charge in [-0.05, 0) is 0 Å². The summed E-state index contributed by atoms with van der Waals surface area (Å²) in [5.41, 5.74) is 6.04. The molecule has 1 aromatic heterocycles. The molecule has 0 amide bonds. The number of hydrogen-bond acceptors (Lipinski definition) is 6. The van der Waals surface area contributed by atoms with E-state index in [1.54, 1.807) is 0 Å². The van der Waals surface area contributed by atoms with E-state index in [0.717, 1.165) is 11.5 Å². The van der Waals surface area contributed by atoms with Crippen molar-refractivity contribution in [1.82, 2.24) is 9.36 Å². The minimum absolute atomic E-state index is 0.163. The van der Waals surface area contributed by atoms with Crippen molar-refractivity contribution in [2.45, 2.75) is 20.8 Å². The molecular weight excluding hydrogens is 200 g/mol. The number of nitrogens with two attached hydrogens (primary N) is 1. The van der Waals surface area contributed by atoms with Crippen molar-refractivity contribution in [3.8, 4) is 0 Å². The first-order chi connectivity index (χ1) is 6.45. The lowest BCUT2D eigenvalue weighted by Gasteiger charge is -2.17. The number of aromatic nitrogens is 2. The number of anilines is 1. The van der Waals surface area contributed by atoms with Gasteiger partial charge in [-0.15, -0.1) is 0 Å². The Balaban J connectivity index is 3.08. The Labute approximate surface area is 87.1 Å². The molecule has 0 radical (unpaired) electrons. The van der Waals surface area contributed by atoms with E-state index in [1.165, 1.54) is 7.11 Å². The van der Waals surface area contributed by atoms with Gasteiger partial charge in [-0.3, -0.25) is 0 Å². The van der Waals surface area contributed by atoms with Gasteiger partial charge in [0.25, 0.3) is 0 Å². The molecule has 1 rings (SSSR count). The second kappa shape index (κ2) is 3.91. The zero-order chi connectivity index (χ0) is 10.8. The van der Waals surface area contributed by atoms with Crippen molar-refractivity contribution >= 4 is 22.4 Å². The topological polar surface area (TPSA) is 73.4 Å². The second-order valence-corrected chi connectivity index (χ2v) is 4.61. The molecule has 0 aliphatic carbocycles. The SMILES string of the molecule is CON=C(c1nsc(N)n1)C(C)(C)C. The molecule has 1 heterocycles. The van der Waals surface area contributed by atoms with Crippen LogP contribution in [0.25, 0.3) is 0 Å². The van der Waals surface area contributed by atoms with Crippen LogP contribution in [0.3, 0.4) is 0 Å². The molecule has 0 aromatic carbocycles. The zero-order valence-electron chi connectivity index (χ0n) is 8.74. The first-order valence-electron chi connectivity index (χ1n) is 4.16. The van der Waals surface area contributed by atoms with Gasteiger partial charge < -0.3 is 10.6 Å². The van der Waals surface area contributed by atoms with E-state index in [0.29, 0.717) is 16.7 Å². The molecule has 0 aliphatic rings. The van der Waals surface area contributed by atoms with Crippen molar-refractivity contribution in [3.63, 3.8) is 0 Å². The number of nitrogen functional groups attached to an aromatic ring is 1. The molecule has 0 bridgehead atoms. The second-order valence-electron chi connectivity index (χ2n) is 3.83. The molecule has 0 aliphatic heterocycles. The van der Waals surface area contributed by atoms with Gasteiger partial charge in [0.15, 0.2) is 11.0 Å². The highest BCUT2D eigenvalue weighted by atomic mass is 32.1. The van der Waals surface area contributed by atoms with Crippen LogP contribution in [0.1, 0.15) is 26.6 Å². The highest BCUT2D eigenvalue weighted by Crippen LogP contribution is 2.21. The van der Waals surface area contributed by atoms with Gasteiger partial charge in [0.2, 0.25) is 0 Å². The zero-order valence-corrected chi connectivity index (χ0v) is 9.55. The van der Waals surface area contributed by atoms with Gasteiger partial charge in [0.05, 0.1) is 0 Å². The van der Waals surface area contributed by atoms with Gasteiger partial charge >= 0.3 is 0 Å². The number of oxime groups is 1. The molecule has 14 heavy (non-hydrogen) atoms. The van der Waals surface area contributed by atoms with Crippen LogP contribution in [0.4, 0.5) is 5.13 Å². The molecule has 0 saturated heterocycles.